The number of carbonyl (C=O) groups is 1. The first kappa shape index (κ1) is 24.1. The van der Waals surface area contributed by atoms with E-state index in [1.54, 1.807) is 24.3 Å². The third-order valence-electron chi connectivity index (χ3n) is 4.68. The minimum atomic E-state index is -4.09. The van der Waals surface area contributed by atoms with Gasteiger partial charge >= 0.3 is 0 Å². The minimum absolute atomic E-state index is 0.0346. The van der Waals surface area contributed by atoms with Gasteiger partial charge in [0.2, 0.25) is 15.9 Å². The summed E-state index contributed by atoms with van der Waals surface area (Å²) in [5.74, 6) is 0.0788. The Morgan fingerprint density at radius 1 is 1.00 bits per heavy atom. The molecule has 168 valence electrons. The molecule has 0 saturated heterocycles. The maximum Gasteiger partial charge on any atom is 0.245 e. The van der Waals surface area contributed by atoms with Gasteiger partial charge in [-0.05, 0) is 42.3 Å². The van der Waals surface area contributed by atoms with Crippen LogP contribution in [0.1, 0.15) is 5.56 Å². The Labute approximate surface area is 197 Å². The number of ether oxygens (including phenoxy) is 1. The Bertz CT molecular complexity index is 1190. The molecule has 0 aliphatic carbocycles. The predicted molar refractivity (Wildman–Crippen MR) is 127 cm³/mol. The van der Waals surface area contributed by atoms with Gasteiger partial charge in [-0.25, -0.2) is 8.42 Å². The number of rotatable bonds is 9. The first-order valence-corrected chi connectivity index (χ1v) is 11.9. The molecule has 0 saturated carbocycles. The average molecular weight is 493 g/mol. The van der Waals surface area contributed by atoms with E-state index in [2.05, 4.69) is 5.32 Å². The SMILES string of the molecule is COc1cccc(NC(=O)CN(CCc2ccccc2)S(=O)(=O)c2cc(Cl)ccc2Cl)c1. The number of anilines is 1. The van der Waals surface area contributed by atoms with E-state index in [1.165, 1.54) is 25.3 Å². The normalized spacial score (nSPS) is 11.4. The second-order valence-electron chi connectivity index (χ2n) is 6.93. The highest BCUT2D eigenvalue weighted by atomic mass is 35.5. The van der Waals surface area contributed by atoms with Gasteiger partial charge in [0.05, 0.1) is 18.7 Å². The molecule has 0 radical (unpaired) electrons. The quantitative estimate of drug-likeness (QED) is 0.462. The highest BCUT2D eigenvalue weighted by molar-refractivity contribution is 7.89. The Hall–Kier alpha value is -2.58. The van der Waals surface area contributed by atoms with Crippen molar-refractivity contribution in [3.05, 3.63) is 88.4 Å². The number of nitrogens with zero attached hydrogens (tertiary/aromatic N) is 1. The molecule has 0 fully saturated rings. The van der Waals surface area contributed by atoms with Crippen molar-refractivity contribution in [2.24, 2.45) is 0 Å². The molecule has 0 unspecified atom stereocenters. The molecule has 0 bridgehead atoms. The lowest BCUT2D eigenvalue weighted by Gasteiger charge is -2.22. The van der Waals surface area contributed by atoms with E-state index in [0.717, 1.165) is 9.87 Å². The van der Waals surface area contributed by atoms with Gasteiger partial charge in [0.1, 0.15) is 10.6 Å². The van der Waals surface area contributed by atoms with Crippen molar-refractivity contribution in [3.63, 3.8) is 0 Å². The molecular formula is C23H22Cl2N2O4S. The van der Waals surface area contributed by atoms with Crippen LogP contribution in [0.25, 0.3) is 0 Å². The fourth-order valence-electron chi connectivity index (χ4n) is 3.06. The zero-order chi connectivity index (χ0) is 23.1. The van der Waals surface area contributed by atoms with Crippen molar-refractivity contribution in [2.45, 2.75) is 11.3 Å². The highest BCUT2D eigenvalue weighted by Crippen LogP contribution is 2.28. The topological polar surface area (TPSA) is 75.7 Å². The molecule has 3 aromatic carbocycles. The minimum Gasteiger partial charge on any atom is -0.497 e. The average Bonchev–Trinajstić information content (AvgIpc) is 2.78. The van der Waals surface area contributed by atoms with E-state index >= 15 is 0 Å². The van der Waals surface area contributed by atoms with Crippen LogP contribution >= 0.6 is 23.2 Å². The molecule has 1 amide bonds. The third-order valence-corrected chi connectivity index (χ3v) is 7.24. The summed E-state index contributed by atoms with van der Waals surface area (Å²) in [6.07, 6.45) is 0.421. The van der Waals surface area contributed by atoms with Crippen molar-refractivity contribution in [1.82, 2.24) is 4.31 Å². The number of benzene rings is 3. The van der Waals surface area contributed by atoms with E-state index in [0.29, 0.717) is 17.9 Å². The Balaban J connectivity index is 1.85. The van der Waals surface area contributed by atoms with Crippen molar-refractivity contribution in [2.75, 3.05) is 25.5 Å². The number of amides is 1. The van der Waals surface area contributed by atoms with E-state index < -0.39 is 22.5 Å². The highest BCUT2D eigenvalue weighted by Gasteiger charge is 2.29. The van der Waals surface area contributed by atoms with Crippen LogP contribution in [0.4, 0.5) is 5.69 Å². The summed E-state index contributed by atoms with van der Waals surface area (Å²) < 4.78 is 33.1. The fourth-order valence-corrected chi connectivity index (χ4v) is 5.19. The molecule has 6 nitrogen and oxygen atoms in total. The molecule has 0 aliphatic rings. The van der Waals surface area contributed by atoms with Gasteiger partial charge in [-0.15, -0.1) is 0 Å². The molecule has 32 heavy (non-hydrogen) atoms. The first-order valence-electron chi connectivity index (χ1n) is 9.72. The van der Waals surface area contributed by atoms with Crippen LogP contribution in [0.15, 0.2) is 77.7 Å². The summed E-state index contributed by atoms with van der Waals surface area (Å²) in [4.78, 5) is 12.6. The first-order chi connectivity index (χ1) is 15.3. The molecule has 0 aliphatic heterocycles. The summed E-state index contributed by atoms with van der Waals surface area (Å²) in [6.45, 7) is -0.310. The number of sulfonamides is 1. The standard InChI is InChI=1S/C23H22Cl2N2O4S/c1-31-20-9-5-8-19(15-20)26-23(28)16-27(13-12-17-6-3-2-4-7-17)32(29,30)22-14-18(24)10-11-21(22)25/h2-11,14-15H,12-13,16H2,1H3,(H,26,28). The van der Waals surface area contributed by atoms with Crippen LogP contribution in [0.5, 0.6) is 5.75 Å². The molecule has 3 aromatic rings. The summed E-state index contributed by atoms with van der Waals surface area (Å²) in [6, 6.07) is 20.4. The lowest BCUT2D eigenvalue weighted by atomic mass is 10.1. The smallest absolute Gasteiger partial charge is 0.245 e. The number of nitrogens with one attached hydrogen (secondary N) is 1. The molecular weight excluding hydrogens is 471 g/mol. The largest absolute Gasteiger partial charge is 0.497 e. The lowest BCUT2D eigenvalue weighted by molar-refractivity contribution is -0.116. The fraction of sp³-hybridized carbons (Fsp3) is 0.174. The summed E-state index contributed by atoms with van der Waals surface area (Å²) in [5.41, 5.74) is 1.44. The molecule has 0 heterocycles. The van der Waals surface area contributed by atoms with Crippen LogP contribution in [0, 0.1) is 0 Å². The van der Waals surface area contributed by atoms with Crippen LogP contribution in [0.2, 0.25) is 10.0 Å². The lowest BCUT2D eigenvalue weighted by Crippen LogP contribution is -2.39. The monoisotopic (exact) mass is 492 g/mol. The molecule has 0 spiro atoms. The number of hydrogen-bond acceptors (Lipinski definition) is 4. The van der Waals surface area contributed by atoms with Gasteiger partial charge in [0.15, 0.2) is 0 Å². The van der Waals surface area contributed by atoms with E-state index in [9.17, 15) is 13.2 Å². The zero-order valence-electron chi connectivity index (χ0n) is 17.3. The molecule has 9 heteroatoms. The Kier molecular flexibility index (Phi) is 8.15. The number of halogens is 2. The Morgan fingerprint density at radius 3 is 2.47 bits per heavy atom. The van der Waals surface area contributed by atoms with E-state index in [1.807, 2.05) is 30.3 Å². The van der Waals surface area contributed by atoms with Gasteiger partial charge < -0.3 is 10.1 Å². The van der Waals surface area contributed by atoms with E-state index in [4.69, 9.17) is 27.9 Å². The second kappa shape index (κ2) is 10.8. The molecule has 0 aromatic heterocycles. The van der Waals surface area contributed by atoms with Gasteiger partial charge in [-0.1, -0.05) is 59.6 Å². The number of carbonyl (C=O) groups excluding carboxylic acids is 1. The summed E-state index contributed by atoms with van der Waals surface area (Å²) in [7, 11) is -2.57. The zero-order valence-corrected chi connectivity index (χ0v) is 19.6. The van der Waals surface area contributed by atoms with Crippen molar-refractivity contribution in [1.29, 1.82) is 0 Å². The Morgan fingerprint density at radius 2 is 1.75 bits per heavy atom. The van der Waals surface area contributed by atoms with Gasteiger partial charge in [0, 0.05) is 23.3 Å². The van der Waals surface area contributed by atoms with Crippen molar-refractivity contribution < 1.29 is 17.9 Å². The van der Waals surface area contributed by atoms with Gasteiger partial charge in [-0.3, -0.25) is 4.79 Å². The third kappa shape index (κ3) is 6.23. The maximum atomic E-state index is 13.4. The van der Waals surface area contributed by atoms with Gasteiger partial charge in [-0.2, -0.15) is 4.31 Å². The van der Waals surface area contributed by atoms with Crippen LogP contribution in [0.3, 0.4) is 0 Å². The molecule has 1 N–H and O–H groups in total. The van der Waals surface area contributed by atoms with E-state index in [-0.39, 0.29) is 21.5 Å². The second-order valence-corrected chi connectivity index (χ2v) is 9.68. The van der Waals surface area contributed by atoms with Crippen LogP contribution in [-0.2, 0) is 21.2 Å². The van der Waals surface area contributed by atoms with Crippen molar-refractivity contribution >= 4 is 44.8 Å². The van der Waals surface area contributed by atoms with Crippen LogP contribution < -0.4 is 10.1 Å². The summed E-state index contributed by atoms with van der Waals surface area (Å²) >= 11 is 12.2. The predicted octanol–water partition coefficient (Wildman–Crippen LogP) is 4.87. The van der Waals surface area contributed by atoms with Gasteiger partial charge in [0.25, 0.3) is 0 Å². The molecule has 3 rings (SSSR count). The maximum absolute atomic E-state index is 13.4. The summed E-state index contributed by atoms with van der Waals surface area (Å²) in [5, 5.41) is 2.98. The van der Waals surface area contributed by atoms with Crippen LogP contribution in [-0.4, -0.2) is 38.8 Å². The number of hydrogen-bond donors (Lipinski definition) is 1. The van der Waals surface area contributed by atoms with Crippen molar-refractivity contribution in [3.8, 4) is 5.75 Å². The number of methoxy groups -OCH3 is 1. The molecule has 0 atom stereocenters.